The zero-order valence-corrected chi connectivity index (χ0v) is 16.3. The second kappa shape index (κ2) is 9.10. The molecule has 0 fully saturated rings. The molecule has 1 amide bonds. The van der Waals surface area contributed by atoms with E-state index in [1.165, 1.54) is 0 Å². The second-order valence-corrected chi connectivity index (χ2v) is 8.14. The Morgan fingerprint density at radius 3 is 2.17 bits per heavy atom. The van der Waals surface area contributed by atoms with E-state index in [4.69, 9.17) is 0 Å². The summed E-state index contributed by atoms with van der Waals surface area (Å²) in [5, 5.41) is 2.21. The number of anilines is 1. The Hall–Kier alpha value is -3.17. The number of carbonyl (C=O) groups excluding carboxylic acids is 1. The Balaban J connectivity index is 1.88. The molecule has 0 aromatic heterocycles. The van der Waals surface area contributed by atoms with Crippen LogP contribution in [-0.4, -0.2) is 20.4 Å². The Morgan fingerprint density at radius 1 is 0.867 bits per heavy atom. The van der Waals surface area contributed by atoms with Crippen LogP contribution in [0.1, 0.15) is 5.56 Å². The predicted molar refractivity (Wildman–Crippen MR) is 106 cm³/mol. The van der Waals surface area contributed by atoms with Gasteiger partial charge in [-0.05, 0) is 48.4 Å². The van der Waals surface area contributed by atoms with Gasteiger partial charge in [0.2, 0.25) is 15.9 Å². The van der Waals surface area contributed by atoms with Crippen molar-refractivity contribution in [3.63, 3.8) is 0 Å². The van der Waals surface area contributed by atoms with E-state index >= 15 is 0 Å². The van der Waals surface area contributed by atoms with Crippen molar-refractivity contribution in [3.8, 4) is 0 Å². The molecular formula is C21H17F3N2O3S. The van der Waals surface area contributed by atoms with Gasteiger partial charge in [-0.25, -0.2) is 21.6 Å². The standard InChI is InChI=1S/C21H17F3N2O3S/c22-15-6-9-17(10-7-15)30(28,29)26-20(12-14-4-2-1-3-5-14)21(27)25-19-13-16(23)8-11-18(19)24/h1-11,13,20,26H,12H2,(H,25,27). The summed E-state index contributed by atoms with van der Waals surface area (Å²) in [4.78, 5) is 12.5. The van der Waals surface area contributed by atoms with Gasteiger partial charge in [-0.15, -0.1) is 0 Å². The fourth-order valence-electron chi connectivity index (χ4n) is 2.72. The number of benzene rings is 3. The maximum absolute atomic E-state index is 13.9. The van der Waals surface area contributed by atoms with Crippen LogP contribution in [0.4, 0.5) is 18.9 Å². The SMILES string of the molecule is O=C(Nc1cc(F)ccc1F)C(Cc1ccccc1)NS(=O)(=O)c1ccc(F)cc1. The molecule has 0 heterocycles. The van der Waals surface area contributed by atoms with Crippen molar-refractivity contribution in [2.45, 2.75) is 17.4 Å². The lowest BCUT2D eigenvalue weighted by molar-refractivity contribution is -0.117. The van der Waals surface area contributed by atoms with Crippen molar-refractivity contribution >= 4 is 21.6 Å². The van der Waals surface area contributed by atoms with Crippen molar-refractivity contribution in [1.82, 2.24) is 4.72 Å². The number of nitrogens with one attached hydrogen (secondary N) is 2. The summed E-state index contributed by atoms with van der Waals surface area (Å²) in [6, 6.07) is 13.8. The first-order valence-corrected chi connectivity index (χ1v) is 10.3. The monoisotopic (exact) mass is 434 g/mol. The highest BCUT2D eigenvalue weighted by Gasteiger charge is 2.27. The summed E-state index contributed by atoms with van der Waals surface area (Å²) in [6.07, 6.45) is -0.0516. The minimum absolute atomic E-state index is 0.0516. The Kier molecular flexibility index (Phi) is 6.53. The van der Waals surface area contributed by atoms with E-state index < -0.39 is 45.1 Å². The van der Waals surface area contributed by atoms with Crippen LogP contribution in [-0.2, 0) is 21.2 Å². The molecule has 0 saturated heterocycles. The minimum atomic E-state index is -4.20. The van der Waals surface area contributed by atoms with E-state index in [0.717, 1.165) is 42.5 Å². The number of sulfonamides is 1. The van der Waals surface area contributed by atoms with Crippen LogP contribution >= 0.6 is 0 Å². The summed E-state index contributed by atoms with van der Waals surface area (Å²) >= 11 is 0. The van der Waals surface area contributed by atoms with Crippen molar-refractivity contribution in [3.05, 3.63) is 95.8 Å². The largest absolute Gasteiger partial charge is 0.322 e. The van der Waals surface area contributed by atoms with Crippen LogP contribution in [0, 0.1) is 17.5 Å². The van der Waals surface area contributed by atoms with Gasteiger partial charge in [-0.3, -0.25) is 4.79 Å². The third-order valence-corrected chi connectivity index (χ3v) is 5.69. The molecular weight excluding hydrogens is 417 g/mol. The smallest absolute Gasteiger partial charge is 0.242 e. The van der Waals surface area contributed by atoms with Crippen molar-refractivity contribution < 1.29 is 26.4 Å². The first-order valence-electron chi connectivity index (χ1n) is 8.82. The number of hydrogen-bond acceptors (Lipinski definition) is 3. The molecule has 0 aliphatic heterocycles. The Bertz CT molecular complexity index is 1140. The molecule has 0 aliphatic carbocycles. The Labute approximate surface area is 171 Å². The number of hydrogen-bond donors (Lipinski definition) is 2. The Morgan fingerprint density at radius 2 is 1.50 bits per heavy atom. The number of amides is 1. The molecule has 3 rings (SSSR count). The van der Waals surface area contributed by atoms with Gasteiger partial charge >= 0.3 is 0 Å². The third-order valence-electron chi connectivity index (χ3n) is 4.21. The van der Waals surface area contributed by atoms with Crippen molar-refractivity contribution in [2.24, 2.45) is 0 Å². The molecule has 9 heteroatoms. The molecule has 0 aliphatic rings. The number of carbonyl (C=O) groups is 1. The molecule has 0 bridgehead atoms. The second-order valence-electron chi connectivity index (χ2n) is 6.43. The summed E-state index contributed by atoms with van der Waals surface area (Å²) < 4.78 is 68.0. The molecule has 0 spiro atoms. The first-order chi connectivity index (χ1) is 14.2. The van der Waals surface area contributed by atoms with E-state index in [2.05, 4.69) is 10.0 Å². The van der Waals surface area contributed by atoms with E-state index in [1.54, 1.807) is 30.3 Å². The average molecular weight is 434 g/mol. The molecule has 0 saturated carbocycles. The number of rotatable bonds is 7. The summed E-state index contributed by atoms with van der Waals surface area (Å²) in [5.74, 6) is -3.13. The normalized spacial score (nSPS) is 12.4. The van der Waals surface area contributed by atoms with Crippen molar-refractivity contribution in [1.29, 1.82) is 0 Å². The lowest BCUT2D eigenvalue weighted by atomic mass is 10.1. The van der Waals surface area contributed by atoms with Crippen LogP contribution in [0.5, 0.6) is 0 Å². The van der Waals surface area contributed by atoms with Gasteiger partial charge in [-0.2, -0.15) is 4.72 Å². The quantitative estimate of drug-likeness (QED) is 0.596. The topological polar surface area (TPSA) is 75.3 Å². The fourth-order valence-corrected chi connectivity index (χ4v) is 3.92. The zero-order valence-electron chi connectivity index (χ0n) is 15.5. The molecule has 30 heavy (non-hydrogen) atoms. The van der Waals surface area contributed by atoms with Crippen LogP contribution in [0.3, 0.4) is 0 Å². The molecule has 5 nitrogen and oxygen atoms in total. The van der Waals surface area contributed by atoms with E-state index in [-0.39, 0.29) is 11.3 Å². The molecule has 3 aromatic rings. The van der Waals surface area contributed by atoms with Crippen LogP contribution in [0.25, 0.3) is 0 Å². The highest BCUT2D eigenvalue weighted by atomic mass is 32.2. The van der Waals surface area contributed by atoms with Crippen molar-refractivity contribution in [2.75, 3.05) is 5.32 Å². The van der Waals surface area contributed by atoms with E-state index in [9.17, 15) is 26.4 Å². The molecule has 1 unspecified atom stereocenters. The lowest BCUT2D eigenvalue weighted by Gasteiger charge is -2.19. The van der Waals surface area contributed by atoms with Gasteiger partial charge in [0.05, 0.1) is 10.6 Å². The first kappa shape index (κ1) is 21.5. The maximum Gasteiger partial charge on any atom is 0.242 e. The highest BCUT2D eigenvalue weighted by molar-refractivity contribution is 7.89. The van der Waals surface area contributed by atoms with Crippen LogP contribution in [0.2, 0.25) is 0 Å². The number of halogens is 3. The zero-order chi connectivity index (χ0) is 21.7. The van der Waals surface area contributed by atoms with Gasteiger partial charge in [0.1, 0.15) is 23.5 Å². The molecule has 1 atom stereocenters. The van der Waals surface area contributed by atoms with E-state index in [0.29, 0.717) is 5.56 Å². The minimum Gasteiger partial charge on any atom is -0.322 e. The van der Waals surface area contributed by atoms with Gasteiger partial charge in [-0.1, -0.05) is 30.3 Å². The highest BCUT2D eigenvalue weighted by Crippen LogP contribution is 2.17. The molecule has 3 aromatic carbocycles. The van der Waals surface area contributed by atoms with E-state index in [1.807, 2.05) is 0 Å². The maximum atomic E-state index is 13.9. The summed E-state index contributed by atoms with van der Waals surface area (Å²) in [6.45, 7) is 0. The lowest BCUT2D eigenvalue weighted by Crippen LogP contribution is -2.45. The summed E-state index contributed by atoms with van der Waals surface area (Å²) in [7, 11) is -4.20. The predicted octanol–water partition coefficient (Wildman–Crippen LogP) is 3.63. The van der Waals surface area contributed by atoms with Gasteiger partial charge in [0.15, 0.2) is 0 Å². The van der Waals surface area contributed by atoms with Gasteiger partial charge in [0, 0.05) is 6.07 Å². The van der Waals surface area contributed by atoms with Gasteiger partial charge < -0.3 is 5.32 Å². The summed E-state index contributed by atoms with van der Waals surface area (Å²) in [5.41, 5.74) is 0.221. The fraction of sp³-hybridized carbons (Fsp3) is 0.0952. The molecule has 156 valence electrons. The molecule has 2 N–H and O–H groups in total. The van der Waals surface area contributed by atoms with Gasteiger partial charge in [0.25, 0.3) is 0 Å². The third kappa shape index (κ3) is 5.46. The molecule has 0 radical (unpaired) electrons. The average Bonchev–Trinajstić information content (AvgIpc) is 2.71. The van der Waals surface area contributed by atoms with Crippen LogP contribution in [0.15, 0.2) is 77.7 Å². The van der Waals surface area contributed by atoms with Crippen LogP contribution < -0.4 is 10.0 Å².